The predicted molar refractivity (Wildman–Crippen MR) is 107 cm³/mol. The average molecular weight is 407 g/mol. The van der Waals surface area contributed by atoms with Crippen LogP contribution < -0.4 is 14.8 Å². The van der Waals surface area contributed by atoms with Gasteiger partial charge in [-0.3, -0.25) is 4.79 Å². The van der Waals surface area contributed by atoms with Crippen molar-refractivity contribution in [2.75, 3.05) is 25.6 Å². The normalized spacial score (nSPS) is 11.8. The zero-order valence-electron chi connectivity index (χ0n) is 16.1. The summed E-state index contributed by atoms with van der Waals surface area (Å²) in [5.41, 5.74) is -0.278. The van der Waals surface area contributed by atoms with Gasteiger partial charge in [-0.25, -0.2) is 13.4 Å². The fraction of sp³-hybridized carbons (Fsp3) is 0.368. The zero-order valence-corrected chi connectivity index (χ0v) is 17.0. The summed E-state index contributed by atoms with van der Waals surface area (Å²) >= 11 is 0. The molecule has 8 nitrogen and oxygen atoms in total. The number of methoxy groups -OCH3 is 1. The van der Waals surface area contributed by atoms with Crippen LogP contribution in [0.1, 0.15) is 19.4 Å². The van der Waals surface area contributed by atoms with Crippen LogP contribution in [0.4, 0.5) is 5.69 Å². The number of pyridine rings is 1. The van der Waals surface area contributed by atoms with Crippen molar-refractivity contribution in [1.29, 1.82) is 0 Å². The topological polar surface area (TPSA) is 107 Å². The van der Waals surface area contributed by atoms with Gasteiger partial charge in [0.1, 0.15) is 12.1 Å². The van der Waals surface area contributed by atoms with Crippen LogP contribution in [0.25, 0.3) is 0 Å². The first kappa shape index (κ1) is 21.8. The predicted octanol–water partition coefficient (Wildman–Crippen LogP) is 1.94. The molecule has 0 spiro atoms. The van der Waals surface area contributed by atoms with Crippen molar-refractivity contribution in [3.8, 4) is 5.88 Å². The number of aromatic nitrogens is 1. The summed E-state index contributed by atoms with van der Waals surface area (Å²) in [6, 6.07) is 12.0. The van der Waals surface area contributed by atoms with E-state index in [1.807, 2.05) is 6.07 Å². The maximum Gasteiger partial charge on any atom is 0.245 e. The standard InChI is InChI=1S/C19H25N3O5S/c1-19(2,22-28(24,25)14-15-7-5-4-6-8-15)18(23)21-16-9-10-17(20-13-16)27-12-11-26-3/h4-10,13,22H,11-12,14H2,1-3H3,(H,21,23). The molecule has 28 heavy (non-hydrogen) atoms. The summed E-state index contributed by atoms with van der Waals surface area (Å²) in [6.07, 6.45) is 1.44. The van der Waals surface area contributed by atoms with E-state index in [0.717, 1.165) is 0 Å². The number of nitrogens with one attached hydrogen (secondary N) is 2. The maximum absolute atomic E-state index is 12.5. The van der Waals surface area contributed by atoms with Crippen molar-refractivity contribution < 1.29 is 22.7 Å². The minimum atomic E-state index is -3.71. The van der Waals surface area contributed by atoms with E-state index in [2.05, 4.69) is 15.0 Å². The Balaban J connectivity index is 1.96. The second-order valence-electron chi connectivity index (χ2n) is 6.65. The van der Waals surface area contributed by atoms with Gasteiger partial charge in [0.25, 0.3) is 0 Å². The third-order valence-electron chi connectivity index (χ3n) is 3.71. The summed E-state index contributed by atoms with van der Waals surface area (Å²) in [6.45, 7) is 3.81. The second-order valence-corrected chi connectivity index (χ2v) is 8.37. The molecule has 1 amide bonds. The van der Waals surface area contributed by atoms with Crippen molar-refractivity contribution >= 4 is 21.6 Å². The molecule has 1 aromatic heterocycles. The molecule has 0 radical (unpaired) electrons. The molecule has 2 aromatic rings. The molecule has 2 rings (SSSR count). The molecule has 0 aliphatic rings. The summed E-state index contributed by atoms with van der Waals surface area (Å²) in [7, 11) is -2.13. The van der Waals surface area contributed by atoms with Crippen LogP contribution in [0.15, 0.2) is 48.7 Å². The van der Waals surface area contributed by atoms with Gasteiger partial charge < -0.3 is 14.8 Å². The Kier molecular flexibility index (Phi) is 7.50. The number of hydrogen-bond acceptors (Lipinski definition) is 6. The van der Waals surface area contributed by atoms with Gasteiger partial charge in [0, 0.05) is 13.2 Å². The quantitative estimate of drug-likeness (QED) is 0.583. The van der Waals surface area contributed by atoms with E-state index in [-0.39, 0.29) is 5.75 Å². The number of amides is 1. The number of nitrogens with zero attached hydrogens (tertiary/aromatic N) is 1. The van der Waals surface area contributed by atoms with E-state index in [1.54, 1.807) is 43.5 Å². The molecule has 0 aliphatic carbocycles. The van der Waals surface area contributed by atoms with Gasteiger partial charge in [0.15, 0.2) is 0 Å². The number of benzene rings is 1. The molecule has 0 aliphatic heterocycles. The number of hydrogen-bond donors (Lipinski definition) is 2. The first-order chi connectivity index (χ1) is 13.2. The van der Waals surface area contributed by atoms with Crippen LogP contribution in [0, 0.1) is 0 Å². The van der Waals surface area contributed by atoms with Gasteiger partial charge in [-0.2, -0.15) is 4.72 Å². The largest absolute Gasteiger partial charge is 0.475 e. The van der Waals surface area contributed by atoms with Gasteiger partial charge in [-0.05, 0) is 25.5 Å². The third kappa shape index (κ3) is 6.91. The summed E-state index contributed by atoms with van der Waals surface area (Å²) in [4.78, 5) is 16.6. The molecule has 0 fully saturated rings. The van der Waals surface area contributed by atoms with Gasteiger partial charge in [0.2, 0.25) is 21.8 Å². The van der Waals surface area contributed by atoms with Crippen LogP contribution in [-0.4, -0.2) is 45.2 Å². The van der Waals surface area contributed by atoms with Crippen molar-refractivity contribution in [3.63, 3.8) is 0 Å². The van der Waals surface area contributed by atoms with Crippen molar-refractivity contribution in [2.24, 2.45) is 0 Å². The summed E-state index contributed by atoms with van der Waals surface area (Å²) in [5.74, 6) is -0.309. The van der Waals surface area contributed by atoms with E-state index < -0.39 is 21.5 Å². The van der Waals surface area contributed by atoms with E-state index in [4.69, 9.17) is 9.47 Å². The lowest BCUT2D eigenvalue weighted by Gasteiger charge is -2.25. The average Bonchev–Trinajstić information content (AvgIpc) is 2.63. The van der Waals surface area contributed by atoms with Crippen LogP contribution in [0.5, 0.6) is 5.88 Å². The minimum absolute atomic E-state index is 0.209. The first-order valence-corrected chi connectivity index (χ1v) is 10.3. The molecule has 0 atom stereocenters. The highest BCUT2D eigenvalue weighted by atomic mass is 32.2. The lowest BCUT2D eigenvalue weighted by molar-refractivity contribution is -0.120. The highest BCUT2D eigenvalue weighted by Gasteiger charge is 2.32. The number of anilines is 1. The van der Waals surface area contributed by atoms with Gasteiger partial charge >= 0.3 is 0 Å². The van der Waals surface area contributed by atoms with Gasteiger partial charge in [-0.15, -0.1) is 0 Å². The maximum atomic E-state index is 12.5. The molecule has 0 bridgehead atoms. The molecule has 9 heteroatoms. The van der Waals surface area contributed by atoms with Gasteiger partial charge in [-0.1, -0.05) is 30.3 Å². The van der Waals surface area contributed by atoms with E-state index in [0.29, 0.717) is 30.3 Å². The molecular weight excluding hydrogens is 382 g/mol. The fourth-order valence-electron chi connectivity index (χ4n) is 2.32. The van der Waals surface area contributed by atoms with Crippen LogP contribution in [0.3, 0.4) is 0 Å². The third-order valence-corrected chi connectivity index (χ3v) is 5.24. The SMILES string of the molecule is COCCOc1ccc(NC(=O)C(C)(C)NS(=O)(=O)Cc2ccccc2)cn1. The lowest BCUT2D eigenvalue weighted by atomic mass is 10.1. The van der Waals surface area contributed by atoms with Gasteiger partial charge in [0.05, 0.1) is 24.2 Å². The Hall–Kier alpha value is -2.49. The monoisotopic (exact) mass is 407 g/mol. The van der Waals surface area contributed by atoms with Crippen molar-refractivity contribution in [3.05, 3.63) is 54.2 Å². The lowest BCUT2D eigenvalue weighted by Crippen LogP contribution is -2.52. The molecular formula is C19H25N3O5S. The molecule has 0 saturated carbocycles. The van der Waals surface area contributed by atoms with Crippen LogP contribution in [-0.2, 0) is 25.3 Å². The Labute approximate surface area is 165 Å². The Morgan fingerprint density at radius 2 is 1.82 bits per heavy atom. The van der Waals surface area contributed by atoms with E-state index in [9.17, 15) is 13.2 Å². The molecule has 1 heterocycles. The number of ether oxygens (including phenoxy) is 2. The minimum Gasteiger partial charge on any atom is -0.475 e. The fourth-order valence-corrected chi connectivity index (χ4v) is 3.90. The van der Waals surface area contributed by atoms with Crippen molar-refractivity contribution in [2.45, 2.75) is 25.1 Å². The summed E-state index contributed by atoms with van der Waals surface area (Å²) in [5, 5.41) is 2.65. The number of carbonyl (C=O) groups excluding carboxylic acids is 1. The van der Waals surface area contributed by atoms with Crippen LogP contribution >= 0.6 is 0 Å². The molecule has 0 unspecified atom stereocenters. The summed E-state index contributed by atoms with van der Waals surface area (Å²) < 4.78 is 37.5. The number of rotatable bonds is 10. The number of sulfonamides is 1. The Bertz CT molecular complexity index is 868. The van der Waals surface area contributed by atoms with Crippen LogP contribution in [0.2, 0.25) is 0 Å². The molecule has 0 saturated heterocycles. The highest BCUT2D eigenvalue weighted by Crippen LogP contribution is 2.15. The first-order valence-electron chi connectivity index (χ1n) is 8.67. The Morgan fingerprint density at radius 1 is 1.11 bits per heavy atom. The zero-order chi connectivity index (χ0) is 20.6. The smallest absolute Gasteiger partial charge is 0.245 e. The molecule has 1 aromatic carbocycles. The second kappa shape index (κ2) is 9.63. The molecule has 2 N–H and O–H groups in total. The van der Waals surface area contributed by atoms with E-state index >= 15 is 0 Å². The molecule has 152 valence electrons. The van der Waals surface area contributed by atoms with Crippen molar-refractivity contribution in [1.82, 2.24) is 9.71 Å². The number of carbonyl (C=O) groups is 1. The highest BCUT2D eigenvalue weighted by molar-refractivity contribution is 7.88. The Morgan fingerprint density at radius 3 is 2.43 bits per heavy atom. The van der Waals surface area contributed by atoms with E-state index in [1.165, 1.54) is 20.0 Å².